The third-order valence-electron chi connectivity index (χ3n) is 4.14. The summed E-state index contributed by atoms with van der Waals surface area (Å²) in [4.78, 5) is 0. The van der Waals surface area contributed by atoms with E-state index in [-0.39, 0.29) is 0 Å². The summed E-state index contributed by atoms with van der Waals surface area (Å²) in [5.74, 6) is 0. The zero-order valence-electron chi connectivity index (χ0n) is 14.0. The highest BCUT2D eigenvalue weighted by molar-refractivity contribution is 8.06. The smallest absolute Gasteiger partial charge is 0.118 e. The van der Waals surface area contributed by atoms with Gasteiger partial charge < -0.3 is 0 Å². The largest absolute Gasteiger partial charge is 0.206 e. The quantitative estimate of drug-likeness (QED) is 0.163. The molecule has 0 saturated carbocycles. The lowest BCUT2D eigenvalue weighted by Gasteiger charge is -2.03. The van der Waals surface area contributed by atoms with Gasteiger partial charge in [0, 0.05) is 0 Å². The van der Waals surface area contributed by atoms with Gasteiger partial charge in [0.15, 0.2) is 0 Å². The van der Waals surface area contributed by atoms with Crippen LogP contribution in [0.25, 0.3) is 0 Å². The molecule has 20 heavy (non-hydrogen) atoms. The maximum Gasteiger partial charge on any atom is 0.118 e. The van der Waals surface area contributed by atoms with Crippen LogP contribution in [-0.2, 0) is 0 Å². The molecule has 0 unspecified atom stereocenters. The fraction of sp³-hybridized carbons (Fsp3) is 1.00. The van der Waals surface area contributed by atoms with E-state index in [0.717, 1.165) is 8.67 Å². The Morgan fingerprint density at radius 1 is 0.500 bits per heavy atom. The van der Waals surface area contributed by atoms with Crippen molar-refractivity contribution in [3.05, 3.63) is 0 Å². The van der Waals surface area contributed by atoms with Crippen LogP contribution in [-0.4, -0.2) is 8.67 Å². The summed E-state index contributed by atoms with van der Waals surface area (Å²) >= 11 is 4.28. The molecule has 2 heteroatoms. The van der Waals surface area contributed by atoms with Gasteiger partial charge in [-0.1, -0.05) is 116 Å². The Bertz CT molecular complexity index is 143. The second-order valence-electron chi connectivity index (χ2n) is 6.21. The van der Waals surface area contributed by atoms with Gasteiger partial charge in [-0.05, 0) is 0 Å². The van der Waals surface area contributed by atoms with E-state index in [4.69, 9.17) is 0 Å². The number of rotatable bonds is 17. The van der Waals surface area contributed by atoms with E-state index in [2.05, 4.69) is 19.0 Å². The molecule has 0 rings (SSSR count). The first-order chi connectivity index (χ1) is 9.91. The predicted octanol–water partition coefficient (Wildman–Crippen LogP) is 7.22. The van der Waals surface area contributed by atoms with Crippen molar-refractivity contribution in [3.8, 4) is 0 Å². The van der Waals surface area contributed by atoms with E-state index in [1.165, 1.54) is 109 Å². The van der Waals surface area contributed by atoms with Gasteiger partial charge in [-0.3, -0.25) is 0 Å². The van der Waals surface area contributed by atoms with E-state index >= 15 is 0 Å². The van der Waals surface area contributed by atoms with E-state index in [9.17, 15) is 0 Å². The molecule has 0 aliphatic rings. The van der Waals surface area contributed by atoms with E-state index < -0.39 is 0 Å². The lowest BCUT2D eigenvalue weighted by Crippen LogP contribution is -1.84. The molecule has 0 fully saturated rings. The highest BCUT2D eigenvalue weighted by Crippen LogP contribution is 2.13. The van der Waals surface area contributed by atoms with Crippen LogP contribution in [0.4, 0.5) is 0 Å². The van der Waals surface area contributed by atoms with Crippen LogP contribution in [0.2, 0.25) is 6.04 Å². The molecule has 0 aliphatic carbocycles. The Labute approximate surface area is 136 Å². The van der Waals surface area contributed by atoms with Crippen molar-refractivity contribution >= 4 is 20.7 Å². The van der Waals surface area contributed by atoms with Crippen LogP contribution < -0.4 is 0 Å². The summed E-state index contributed by atoms with van der Waals surface area (Å²) in [5, 5.41) is 0. The van der Waals surface area contributed by atoms with Crippen molar-refractivity contribution in [2.75, 3.05) is 0 Å². The molecule has 0 nitrogen and oxygen atoms in total. The number of thiol groups is 1. The molecule has 0 spiro atoms. The minimum absolute atomic E-state index is 0.863. The van der Waals surface area contributed by atoms with Gasteiger partial charge in [0.25, 0.3) is 0 Å². The second-order valence-corrected chi connectivity index (χ2v) is 7.98. The van der Waals surface area contributed by atoms with Gasteiger partial charge in [0.1, 0.15) is 8.67 Å². The molecule has 0 aromatic heterocycles. The van der Waals surface area contributed by atoms with Crippen LogP contribution in [0.5, 0.6) is 0 Å². The van der Waals surface area contributed by atoms with E-state index in [1.807, 2.05) is 0 Å². The Hall–Kier alpha value is 0.567. The van der Waals surface area contributed by atoms with E-state index in [0.29, 0.717) is 0 Å². The maximum atomic E-state index is 4.28. The molecule has 0 saturated heterocycles. The van der Waals surface area contributed by atoms with Gasteiger partial charge >= 0.3 is 0 Å². The zero-order valence-corrected chi connectivity index (χ0v) is 15.9. The molecule has 0 N–H and O–H groups in total. The van der Waals surface area contributed by atoms with Crippen molar-refractivity contribution in [1.82, 2.24) is 0 Å². The monoisotopic (exact) mass is 314 g/mol. The minimum Gasteiger partial charge on any atom is -0.206 e. The molecule has 0 amide bonds. The SMILES string of the molecule is CCCCCCCCCCCCCCCCCC[Si]S. The fourth-order valence-corrected chi connectivity index (χ4v) is 3.63. The molecule has 0 atom stereocenters. The summed E-state index contributed by atoms with van der Waals surface area (Å²) in [6.07, 6.45) is 23.3. The first kappa shape index (κ1) is 20.6. The second kappa shape index (κ2) is 19.6. The van der Waals surface area contributed by atoms with Crippen molar-refractivity contribution in [2.45, 2.75) is 116 Å². The summed E-state index contributed by atoms with van der Waals surface area (Å²) in [6, 6.07) is 1.33. The standard InChI is InChI=1S/C18H38SSi/c1-2-3-4-5-6-7-8-9-10-11-12-13-14-15-16-17-18-20-19/h19H,2-18H2,1H3. The highest BCUT2D eigenvalue weighted by Gasteiger charge is 1.94. The first-order valence-electron chi connectivity index (χ1n) is 9.28. The fourth-order valence-electron chi connectivity index (χ4n) is 2.75. The average Bonchev–Trinajstić information content (AvgIpc) is 2.47. The summed E-state index contributed by atoms with van der Waals surface area (Å²) < 4.78 is 0. The Morgan fingerprint density at radius 2 is 0.800 bits per heavy atom. The Kier molecular flexibility index (Phi) is 20.1. The molecular formula is C18H38SSi. The van der Waals surface area contributed by atoms with Crippen LogP contribution in [0.3, 0.4) is 0 Å². The molecule has 0 aromatic rings. The van der Waals surface area contributed by atoms with Crippen LogP contribution in [0.15, 0.2) is 0 Å². The Morgan fingerprint density at radius 3 is 1.10 bits per heavy atom. The van der Waals surface area contributed by atoms with Crippen molar-refractivity contribution < 1.29 is 0 Å². The van der Waals surface area contributed by atoms with Crippen LogP contribution in [0, 0.1) is 0 Å². The van der Waals surface area contributed by atoms with Crippen LogP contribution >= 0.6 is 12.1 Å². The van der Waals surface area contributed by atoms with Gasteiger partial charge in [-0.2, -0.15) is 0 Å². The first-order valence-corrected chi connectivity index (χ1v) is 11.8. The van der Waals surface area contributed by atoms with Gasteiger partial charge in [0.05, 0.1) is 0 Å². The zero-order chi connectivity index (χ0) is 14.7. The lowest BCUT2D eigenvalue weighted by molar-refractivity contribution is 0.531. The molecule has 0 aromatic carbocycles. The average molecular weight is 315 g/mol. The third-order valence-corrected chi connectivity index (χ3v) is 5.39. The molecule has 120 valence electrons. The Balaban J connectivity index is 2.89. The lowest BCUT2D eigenvalue weighted by atomic mass is 10.0. The van der Waals surface area contributed by atoms with Gasteiger partial charge in [-0.15, -0.1) is 0 Å². The summed E-state index contributed by atoms with van der Waals surface area (Å²) in [6.45, 7) is 2.29. The number of hydrogen-bond acceptors (Lipinski definition) is 1. The topological polar surface area (TPSA) is 0 Å². The van der Waals surface area contributed by atoms with Crippen molar-refractivity contribution in [3.63, 3.8) is 0 Å². The molecule has 2 radical (unpaired) electrons. The van der Waals surface area contributed by atoms with E-state index in [1.54, 1.807) is 0 Å². The third kappa shape index (κ3) is 18.6. The molecular weight excluding hydrogens is 276 g/mol. The normalized spacial score (nSPS) is 11.1. The van der Waals surface area contributed by atoms with Crippen LogP contribution in [0.1, 0.15) is 110 Å². The van der Waals surface area contributed by atoms with Gasteiger partial charge in [0.2, 0.25) is 0 Å². The number of unbranched alkanes of at least 4 members (excludes halogenated alkanes) is 15. The molecule has 0 heterocycles. The van der Waals surface area contributed by atoms with Crippen molar-refractivity contribution in [1.29, 1.82) is 0 Å². The maximum absolute atomic E-state index is 4.28. The molecule has 0 aliphatic heterocycles. The summed E-state index contributed by atoms with van der Waals surface area (Å²) in [7, 11) is 0.863. The van der Waals surface area contributed by atoms with Crippen molar-refractivity contribution in [2.24, 2.45) is 0 Å². The predicted molar refractivity (Wildman–Crippen MR) is 99.1 cm³/mol. The molecule has 0 bridgehead atoms. The summed E-state index contributed by atoms with van der Waals surface area (Å²) in [5.41, 5.74) is 0. The highest BCUT2D eigenvalue weighted by atomic mass is 32.3. The van der Waals surface area contributed by atoms with Gasteiger partial charge in [-0.25, -0.2) is 12.1 Å². The minimum atomic E-state index is 0.863. The number of hydrogen-bond donors (Lipinski definition) is 1.